The molecule has 13 heavy (non-hydrogen) atoms. The van der Waals surface area contributed by atoms with Crippen molar-refractivity contribution in [2.75, 3.05) is 26.7 Å². The maximum Gasteiger partial charge on any atom is 0.236 e. The molecule has 0 saturated heterocycles. The van der Waals surface area contributed by atoms with Crippen LogP contribution in [0.15, 0.2) is 0 Å². The molecule has 4 nitrogen and oxygen atoms in total. The van der Waals surface area contributed by atoms with Crippen LogP contribution >= 0.6 is 0 Å². The van der Waals surface area contributed by atoms with Crippen molar-refractivity contribution in [3.8, 4) is 0 Å². The van der Waals surface area contributed by atoms with Crippen LogP contribution in [0.2, 0.25) is 0 Å². The summed E-state index contributed by atoms with van der Waals surface area (Å²) in [6.07, 6.45) is 3.39. The Kier molecular flexibility index (Phi) is 4.18. The van der Waals surface area contributed by atoms with E-state index in [2.05, 4.69) is 5.32 Å². The Bertz CT molecular complexity index is 169. The first-order chi connectivity index (χ1) is 6.29. The monoisotopic (exact) mass is 186 g/mol. The average molecular weight is 186 g/mol. The highest BCUT2D eigenvalue weighted by molar-refractivity contribution is 5.78. The minimum atomic E-state index is 0.0615. The van der Waals surface area contributed by atoms with E-state index >= 15 is 0 Å². The van der Waals surface area contributed by atoms with Gasteiger partial charge in [-0.1, -0.05) is 0 Å². The van der Waals surface area contributed by atoms with Gasteiger partial charge in [-0.2, -0.15) is 0 Å². The van der Waals surface area contributed by atoms with Gasteiger partial charge in [0.05, 0.1) is 13.2 Å². The van der Waals surface area contributed by atoms with Gasteiger partial charge in [0.1, 0.15) is 0 Å². The Morgan fingerprint density at radius 3 is 2.69 bits per heavy atom. The molecule has 0 spiro atoms. The van der Waals surface area contributed by atoms with E-state index in [1.807, 2.05) is 0 Å². The van der Waals surface area contributed by atoms with Crippen LogP contribution < -0.4 is 5.32 Å². The average Bonchev–Trinajstić information content (AvgIpc) is 2.01. The highest BCUT2D eigenvalue weighted by Gasteiger charge is 2.27. The molecule has 1 fully saturated rings. The standard InChI is InChI=1S/C9H18N2O2/c1-10-7-9(13)11(5-6-12)8-3-2-4-8/h8,10,12H,2-7H2,1H3. The van der Waals surface area contributed by atoms with Gasteiger partial charge in [0.15, 0.2) is 0 Å². The second-order valence-electron chi connectivity index (χ2n) is 3.43. The molecule has 0 atom stereocenters. The summed E-state index contributed by atoms with van der Waals surface area (Å²) in [5.41, 5.74) is 0. The fraction of sp³-hybridized carbons (Fsp3) is 0.889. The highest BCUT2D eigenvalue weighted by atomic mass is 16.3. The van der Waals surface area contributed by atoms with Gasteiger partial charge in [-0.05, 0) is 26.3 Å². The van der Waals surface area contributed by atoms with Gasteiger partial charge in [-0.3, -0.25) is 4.79 Å². The summed E-state index contributed by atoms with van der Waals surface area (Å²) in [4.78, 5) is 13.3. The highest BCUT2D eigenvalue weighted by Crippen LogP contribution is 2.24. The van der Waals surface area contributed by atoms with Gasteiger partial charge in [-0.15, -0.1) is 0 Å². The van der Waals surface area contributed by atoms with Gasteiger partial charge in [0.25, 0.3) is 0 Å². The van der Waals surface area contributed by atoms with Crippen molar-refractivity contribution in [1.82, 2.24) is 10.2 Å². The second-order valence-corrected chi connectivity index (χ2v) is 3.43. The number of rotatable bonds is 5. The molecule has 0 radical (unpaired) electrons. The van der Waals surface area contributed by atoms with Crippen molar-refractivity contribution in [3.63, 3.8) is 0 Å². The number of carbonyl (C=O) groups excluding carboxylic acids is 1. The quantitative estimate of drug-likeness (QED) is 0.613. The number of hydrogen-bond acceptors (Lipinski definition) is 3. The van der Waals surface area contributed by atoms with E-state index in [-0.39, 0.29) is 12.5 Å². The van der Waals surface area contributed by atoms with Crippen LogP contribution in [0, 0.1) is 0 Å². The molecule has 2 N–H and O–H groups in total. The molecule has 0 unspecified atom stereocenters. The molecule has 0 heterocycles. The van der Waals surface area contributed by atoms with Crippen LogP contribution in [0.25, 0.3) is 0 Å². The van der Waals surface area contributed by atoms with Crippen molar-refractivity contribution < 1.29 is 9.90 Å². The fourth-order valence-corrected chi connectivity index (χ4v) is 1.57. The molecular formula is C9H18N2O2. The Labute approximate surface area is 78.9 Å². The molecule has 1 rings (SSSR count). The molecule has 0 aromatic carbocycles. The molecule has 4 heteroatoms. The molecule has 0 aromatic heterocycles. The van der Waals surface area contributed by atoms with E-state index < -0.39 is 0 Å². The van der Waals surface area contributed by atoms with Crippen molar-refractivity contribution >= 4 is 5.91 Å². The van der Waals surface area contributed by atoms with Crippen molar-refractivity contribution in [2.24, 2.45) is 0 Å². The van der Waals surface area contributed by atoms with E-state index in [0.29, 0.717) is 19.1 Å². The predicted octanol–water partition coefficient (Wildman–Crippen LogP) is -0.421. The summed E-state index contributed by atoms with van der Waals surface area (Å²) in [5, 5.41) is 11.6. The Morgan fingerprint density at radius 1 is 1.62 bits per heavy atom. The zero-order valence-electron chi connectivity index (χ0n) is 8.12. The summed E-state index contributed by atoms with van der Waals surface area (Å²) in [7, 11) is 1.76. The zero-order chi connectivity index (χ0) is 9.68. The molecule has 0 bridgehead atoms. The number of amides is 1. The van der Waals surface area contributed by atoms with Gasteiger partial charge >= 0.3 is 0 Å². The largest absolute Gasteiger partial charge is 0.395 e. The van der Waals surface area contributed by atoms with E-state index in [0.717, 1.165) is 12.8 Å². The number of likely N-dealkylation sites (N-methyl/N-ethyl adjacent to an activating group) is 1. The third kappa shape index (κ3) is 2.67. The second kappa shape index (κ2) is 5.19. The van der Waals surface area contributed by atoms with Gasteiger partial charge in [-0.25, -0.2) is 0 Å². The van der Waals surface area contributed by atoms with Gasteiger partial charge in [0, 0.05) is 12.6 Å². The molecule has 76 valence electrons. The van der Waals surface area contributed by atoms with E-state index in [1.165, 1.54) is 6.42 Å². The Hall–Kier alpha value is -0.610. The summed E-state index contributed by atoms with van der Waals surface area (Å²) < 4.78 is 0. The lowest BCUT2D eigenvalue weighted by Gasteiger charge is -2.37. The lowest BCUT2D eigenvalue weighted by atomic mass is 9.91. The molecule has 0 aliphatic heterocycles. The minimum absolute atomic E-state index is 0.0615. The first-order valence-electron chi connectivity index (χ1n) is 4.84. The van der Waals surface area contributed by atoms with Crippen molar-refractivity contribution in [2.45, 2.75) is 25.3 Å². The van der Waals surface area contributed by atoms with Crippen molar-refractivity contribution in [3.05, 3.63) is 0 Å². The first-order valence-corrected chi connectivity index (χ1v) is 4.84. The summed E-state index contributed by atoms with van der Waals surface area (Å²) in [6, 6.07) is 0.382. The smallest absolute Gasteiger partial charge is 0.236 e. The normalized spacial score (nSPS) is 16.8. The lowest BCUT2D eigenvalue weighted by molar-refractivity contribution is -0.134. The number of nitrogens with one attached hydrogen (secondary N) is 1. The topological polar surface area (TPSA) is 52.6 Å². The molecule has 1 aliphatic rings. The number of carbonyl (C=O) groups is 1. The van der Waals surface area contributed by atoms with Crippen LogP contribution in [0.4, 0.5) is 0 Å². The number of aliphatic hydroxyl groups excluding tert-OH is 1. The molecule has 1 aliphatic carbocycles. The van der Waals surface area contributed by atoms with Crippen LogP contribution in [0.1, 0.15) is 19.3 Å². The van der Waals surface area contributed by atoms with E-state index in [1.54, 1.807) is 11.9 Å². The molecule has 0 aromatic rings. The summed E-state index contributed by atoms with van der Waals surface area (Å²) in [6.45, 7) is 0.910. The summed E-state index contributed by atoms with van der Waals surface area (Å²) >= 11 is 0. The number of aliphatic hydroxyl groups is 1. The zero-order valence-corrected chi connectivity index (χ0v) is 8.12. The number of hydrogen-bond donors (Lipinski definition) is 2. The van der Waals surface area contributed by atoms with Gasteiger partial charge in [0.2, 0.25) is 5.91 Å². The summed E-state index contributed by atoms with van der Waals surface area (Å²) in [5.74, 6) is 0.0984. The van der Waals surface area contributed by atoms with E-state index in [9.17, 15) is 4.79 Å². The Balaban J connectivity index is 2.40. The van der Waals surface area contributed by atoms with Crippen LogP contribution in [0.3, 0.4) is 0 Å². The van der Waals surface area contributed by atoms with Gasteiger partial charge < -0.3 is 15.3 Å². The number of nitrogens with zero attached hydrogens (tertiary/aromatic N) is 1. The SMILES string of the molecule is CNCC(=O)N(CCO)C1CCC1. The fourth-order valence-electron chi connectivity index (χ4n) is 1.57. The third-order valence-corrected chi connectivity index (χ3v) is 2.50. The molecule has 1 amide bonds. The predicted molar refractivity (Wildman–Crippen MR) is 50.4 cm³/mol. The maximum atomic E-state index is 11.5. The maximum absolute atomic E-state index is 11.5. The Morgan fingerprint density at radius 2 is 2.31 bits per heavy atom. The van der Waals surface area contributed by atoms with Crippen LogP contribution in [-0.4, -0.2) is 48.7 Å². The van der Waals surface area contributed by atoms with Crippen LogP contribution in [0.5, 0.6) is 0 Å². The molecule has 1 saturated carbocycles. The van der Waals surface area contributed by atoms with Crippen LogP contribution in [-0.2, 0) is 4.79 Å². The van der Waals surface area contributed by atoms with E-state index in [4.69, 9.17) is 5.11 Å². The van der Waals surface area contributed by atoms with Crippen molar-refractivity contribution in [1.29, 1.82) is 0 Å². The first kappa shape index (κ1) is 10.5. The minimum Gasteiger partial charge on any atom is -0.395 e. The third-order valence-electron chi connectivity index (χ3n) is 2.50. The lowest BCUT2D eigenvalue weighted by Crippen LogP contribution is -2.48. The molecular weight excluding hydrogens is 168 g/mol.